The molecule has 160 valence electrons. The molecule has 2 rings (SSSR count). The van der Waals surface area contributed by atoms with Gasteiger partial charge in [0.05, 0.1) is 6.61 Å². The Morgan fingerprint density at radius 3 is 2.38 bits per heavy atom. The number of hydrogen-bond acceptors (Lipinski definition) is 4. The minimum atomic E-state index is -0.605. The largest absolute Gasteiger partial charge is 0.450 e. The molecule has 1 aromatic rings. The summed E-state index contributed by atoms with van der Waals surface area (Å²) in [6, 6.07) is 9.43. The second-order valence-corrected chi connectivity index (χ2v) is 7.74. The van der Waals surface area contributed by atoms with Crippen molar-refractivity contribution in [3.63, 3.8) is 0 Å². The Hall–Kier alpha value is -2.57. The van der Waals surface area contributed by atoms with Crippen LogP contribution in [0.25, 0.3) is 0 Å². The number of aryl methyl sites for hydroxylation is 1. The fourth-order valence-electron chi connectivity index (χ4n) is 3.46. The molecule has 29 heavy (non-hydrogen) atoms. The Labute approximate surface area is 173 Å². The van der Waals surface area contributed by atoms with Gasteiger partial charge in [-0.05, 0) is 37.7 Å². The van der Waals surface area contributed by atoms with Gasteiger partial charge >= 0.3 is 6.09 Å². The molecule has 0 saturated carbocycles. The lowest BCUT2D eigenvalue weighted by Crippen LogP contribution is -2.54. The summed E-state index contributed by atoms with van der Waals surface area (Å²) >= 11 is 0. The van der Waals surface area contributed by atoms with Gasteiger partial charge in [-0.1, -0.05) is 44.2 Å². The fraction of sp³-hybridized carbons (Fsp3) is 0.591. The molecule has 7 nitrogen and oxygen atoms in total. The molecule has 1 heterocycles. The van der Waals surface area contributed by atoms with Gasteiger partial charge in [0.2, 0.25) is 11.8 Å². The van der Waals surface area contributed by atoms with Crippen molar-refractivity contribution >= 4 is 17.9 Å². The Morgan fingerprint density at radius 1 is 1.14 bits per heavy atom. The highest BCUT2D eigenvalue weighted by Crippen LogP contribution is 2.15. The Balaban J connectivity index is 1.77. The number of nitrogens with zero attached hydrogens (tertiary/aromatic N) is 1. The smallest absolute Gasteiger partial charge is 0.407 e. The molecule has 1 aliphatic heterocycles. The molecule has 1 fully saturated rings. The minimum absolute atomic E-state index is 0.0395. The summed E-state index contributed by atoms with van der Waals surface area (Å²) < 4.78 is 4.91. The van der Waals surface area contributed by atoms with Gasteiger partial charge in [0.25, 0.3) is 0 Å². The van der Waals surface area contributed by atoms with Crippen molar-refractivity contribution in [3.05, 3.63) is 35.9 Å². The molecule has 1 aliphatic rings. The molecule has 1 aromatic carbocycles. The fourth-order valence-corrected chi connectivity index (χ4v) is 3.46. The first-order chi connectivity index (χ1) is 13.9. The number of alkyl carbamates (subject to hydrolysis) is 1. The van der Waals surface area contributed by atoms with Crippen LogP contribution in [0.4, 0.5) is 4.79 Å². The van der Waals surface area contributed by atoms with Crippen LogP contribution in [-0.2, 0) is 20.7 Å². The maximum Gasteiger partial charge on any atom is 0.407 e. The summed E-state index contributed by atoms with van der Waals surface area (Å²) in [7, 11) is 0. The van der Waals surface area contributed by atoms with Gasteiger partial charge in [0, 0.05) is 25.6 Å². The number of hydrogen-bond donors (Lipinski definition) is 2. The third-order valence-corrected chi connectivity index (χ3v) is 5.14. The third kappa shape index (κ3) is 7.40. The molecule has 0 aromatic heterocycles. The molecule has 7 heteroatoms. The molecule has 1 unspecified atom stereocenters. The zero-order valence-corrected chi connectivity index (χ0v) is 17.6. The Morgan fingerprint density at radius 2 is 1.79 bits per heavy atom. The summed E-state index contributed by atoms with van der Waals surface area (Å²) in [4.78, 5) is 38.6. The van der Waals surface area contributed by atoms with Crippen LogP contribution in [0.1, 0.15) is 45.6 Å². The van der Waals surface area contributed by atoms with E-state index in [0.29, 0.717) is 32.4 Å². The van der Waals surface area contributed by atoms with Gasteiger partial charge in [-0.15, -0.1) is 0 Å². The Kier molecular flexibility index (Phi) is 8.96. The van der Waals surface area contributed by atoms with Crippen molar-refractivity contribution in [2.45, 2.75) is 58.5 Å². The van der Waals surface area contributed by atoms with Crippen molar-refractivity contribution in [3.8, 4) is 0 Å². The van der Waals surface area contributed by atoms with E-state index in [0.717, 1.165) is 12.0 Å². The van der Waals surface area contributed by atoms with Gasteiger partial charge in [0.1, 0.15) is 6.04 Å². The van der Waals surface area contributed by atoms with Crippen molar-refractivity contribution in [1.82, 2.24) is 15.5 Å². The summed E-state index contributed by atoms with van der Waals surface area (Å²) in [5, 5.41) is 5.75. The average Bonchev–Trinajstić information content (AvgIpc) is 2.71. The molecular formula is C22H33N3O4. The van der Waals surface area contributed by atoms with Crippen LogP contribution in [0.5, 0.6) is 0 Å². The SMILES string of the molecule is CCOC(=O)NC(C(=O)N1CCC(NC(=O)CCc2ccccc2)CC1)C(C)C. The molecule has 3 amide bonds. The molecule has 1 saturated heterocycles. The van der Waals surface area contributed by atoms with E-state index in [1.807, 2.05) is 44.2 Å². The monoisotopic (exact) mass is 403 g/mol. The number of ether oxygens (including phenoxy) is 1. The quantitative estimate of drug-likeness (QED) is 0.698. The predicted octanol–water partition coefficient (Wildman–Crippen LogP) is 2.50. The van der Waals surface area contributed by atoms with Crippen LogP contribution in [-0.4, -0.2) is 54.6 Å². The van der Waals surface area contributed by atoms with E-state index in [1.54, 1.807) is 11.8 Å². The van der Waals surface area contributed by atoms with Gasteiger partial charge in [-0.25, -0.2) is 4.79 Å². The highest BCUT2D eigenvalue weighted by atomic mass is 16.5. The minimum Gasteiger partial charge on any atom is -0.450 e. The maximum atomic E-state index is 12.8. The zero-order valence-electron chi connectivity index (χ0n) is 17.6. The van der Waals surface area contributed by atoms with E-state index in [2.05, 4.69) is 10.6 Å². The van der Waals surface area contributed by atoms with Crippen LogP contribution < -0.4 is 10.6 Å². The van der Waals surface area contributed by atoms with Crippen LogP contribution in [0.15, 0.2) is 30.3 Å². The number of carbonyl (C=O) groups is 3. The van der Waals surface area contributed by atoms with E-state index in [1.165, 1.54) is 0 Å². The van der Waals surface area contributed by atoms with Crippen molar-refractivity contribution in [2.24, 2.45) is 5.92 Å². The predicted molar refractivity (Wildman–Crippen MR) is 111 cm³/mol. The molecule has 0 radical (unpaired) electrons. The first-order valence-corrected chi connectivity index (χ1v) is 10.5. The van der Waals surface area contributed by atoms with Crippen molar-refractivity contribution in [1.29, 1.82) is 0 Å². The molecular weight excluding hydrogens is 370 g/mol. The van der Waals surface area contributed by atoms with E-state index < -0.39 is 12.1 Å². The third-order valence-electron chi connectivity index (χ3n) is 5.14. The topological polar surface area (TPSA) is 87.7 Å². The molecule has 0 spiro atoms. The summed E-state index contributed by atoms with van der Waals surface area (Å²) in [6.07, 6.45) is 2.04. The van der Waals surface area contributed by atoms with Crippen LogP contribution in [0, 0.1) is 5.92 Å². The molecule has 0 aliphatic carbocycles. The number of piperidine rings is 1. The lowest BCUT2D eigenvalue weighted by molar-refractivity contribution is -0.135. The first-order valence-electron chi connectivity index (χ1n) is 10.5. The van der Waals surface area contributed by atoms with Gasteiger partial charge in [0.15, 0.2) is 0 Å². The summed E-state index contributed by atoms with van der Waals surface area (Å²) in [6.45, 7) is 6.92. The highest BCUT2D eigenvalue weighted by Gasteiger charge is 2.31. The zero-order chi connectivity index (χ0) is 21.2. The number of amides is 3. The number of rotatable bonds is 8. The number of carbonyl (C=O) groups excluding carboxylic acids is 3. The number of benzene rings is 1. The molecule has 1 atom stereocenters. The van der Waals surface area contributed by atoms with E-state index >= 15 is 0 Å². The maximum absolute atomic E-state index is 12.8. The first kappa shape index (κ1) is 22.7. The van der Waals surface area contributed by atoms with Crippen LogP contribution in [0.3, 0.4) is 0 Å². The van der Waals surface area contributed by atoms with Gasteiger partial charge in [-0.3, -0.25) is 9.59 Å². The van der Waals surface area contributed by atoms with E-state index in [4.69, 9.17) is 4.74 Å². The number of likely N-dealkylation sites (tertiary alicyclic amines) is 1. The number of nitrogens with one attached hydrogen (secondary N) is 2. The lowest BCUT2D eigenvalue weighted by atomic mass is 9.99. The lowest BCUT2D eigenvalue weighted by Gasteiger charge is -2.35. The van der Waals surface area contributed by atoms with Crippen LogP contribution in [0.2, 0.25) is 0 Å². The second kappa shape index (κ2) is 11.4. The normalized spacial score (nSPS) is 15.7. The van der Waals surface area contributed by atoms with E-state index in [9.17, 15) is 14.4 Å². The standard InChI is InChI=1S/C22H33N3O4/c1-4-29-22(28)24-20(16(2)3)21(27)25-14-12-18(13-15-25)23-19(26)11-10-17-8-6-5-7-9-17/h5-9,16,18,20H,4,10-15H2,1-3H3,(H,23,26)(H,24,28). The molecule has 2 N–H and O–H groups in total. The van der Waals surface area contributed by atoms with Crippen molar-refractivity contribution in [2.75, 3.05) is 19.7 Å². The van der Waals surface area contributed by atoms with E-state index in [-0.39, 0.29) is 30.4 Å². The molecule has 0 bridgehead atoms. The highest BCUT2D eigenvalue weighted by molar-refractivity contribution is 5.86. The average molecular weight is 404 g/mol. The second-order valence-electron chi connectivity index (χ2n) is 7.74. The summed E-state index contributed by atoms with van der Waals surface area (Å²) in [5.74, 6) is -0.0908. The van der Waals surface area contributed by atoms with Crippen molar-refractivity contribution < 1.29 is 19.1 Å². The Bertz CT molecular complexity index is 670. The van der Waals surface area contributed by atoms with Gasteiger partial charge in [-0.2, -0.15) is 0 Å². The van der Waals surface area contributed by atoms with Crippen LogP contribution >= 0.6 is 0 Å². The summed E-state index contributed by atoms with van der Waals surface area (Å²) in [5.41, 5.74) is 1.15. The van der Waals surface area contributed by atoms with Gasteiger partial charge < -0.3 is 20.3 Å².